The summed E-state index contributed by atoms with van der Waals surface area (Å²) in [5.41, 5.74) is 4.12. The molecule has 2 heteroatoms. The highest BCUT2D eigenvalue weighted by molar-refractivity contribution is 9.10. The first-order valence-corrected chi connectivity index (χ1v) is 6.92. The first-order chi connectivity index (χ1) is 7.61. The van der Waals surface area contributed by atoms with Gasteiger partial charge in [0.2, 0.25) is 0 Å². The minimum Gasteiger partial charge on any atom is -0.370 e. The topological polar surface area (TPSA) is 3.24 Å². The fraction of sp³-hybridized carbons (Fsp3) is 0.571. The van der Waals surface area contributed by atoms with Gasteiger partial charge in [-0.05, 0) is 59.3 Å². The second kappa shape index (κ2) is 4.79. The molecule has 0 amide bonds. The molecule has 1 fully saturated rings. The first-order valence-electron chi connectivity index (χ1n) is 6.13. The van der Waals surface area contributed by atoms with Crippen LogP contribution < -0.4 is 4.90 Å². The van der Waals surface area contributed by atoms with E-state index in [9.17, 15) is 0 Å². The van der Waals surface area contributed by atoms with E-state index in [2.05, 4.69) is 53.7 Å². The van der Waals surface area contributed by atoms with Gasteiger partial charge < -0.3 is 4.90 Å². The van der Waals surface area contributed by atoms with Gasteiger partial charge in [0.05, 0.1) is 5.69 Å². The van der Waals surface area contributed by atoms with Crippen LogP contribution in [0.3, 0.4) is 0 Å². The van der Waals surface area contributed by atoms with Crippen molar-refractivity contribution in [2.75, 3.05) is 18.0 Å². The largest absolute Gasteiger partial charge is 0.370 e. The first kappa shape index (κ1) is 12.0. The zero-order valence-corrected chi connectivity index (χ0v) is 12.0. The highest BCUT2D eigenvalue weighted by Gasteiger charge is 2.28. The number of anilines is 1. The second-order valence-electron chi connectivity index (χ2n) is 4.97. The molecular formula is C14H20BrN. The maximum Gasteiger partial charge on any atom is 0.0540 e. The normalized spacial score (nSPS) is 16.4. The predicted octanol–water partition coefficient (Wildman–Crippen LogP) is 4.30. The summed E-state index contributed by atoms with van der Waals surface area (Å²) in [6.45, 7) is 9.10. The molecule has 0 bridgehead atoms. The van der Waals surface area contributed by atoms with Crippen LogP contribution in [-0.4, -0.2) is 13.1 Å². The molecule has 1 nitrogen and oxygen atoms in total. The van der Waals surface area contributed by atoms with Crippen molar-refractivity contribution in [1.82, 2.24) is 0 Å². The Bertz CT molecular complexity index is 357. The highest BCUT2D eigenvalue weighted by atomic mass is 79.9. The number of hydrogen-bond donors (Lipinski definition) is 0. The Morgan fingerprint density at radius 1 is 1.31 bits per heavy atom. The highest BCUT2D eigenvalue weighted by Crippen LogP contribution is 2.36. The molecule has 1 aromatic carbocycles. The smallest absolute Gasteiger partial charge is 0.0540 e. The van der Waals surface area contributed by atoms with Crippen LogP contribution in [0, 0.1) is 19.8 Å². The Morgan fingerprint density at radius 3 is 2.56 bits per heavy atom. The van der Waals surface area contributed by atoms with Crippen molar-refractivity contribution in [2.45, 2.75) is 33.6 Å². The monoisotopic (exact) mass is 281 g/mol. The molecule has 1 aromatic rings. The second-order valence-corrected chi connectivity index (χ2v) is 5.83. The quantitative estimate of drug-likeness (QED) is 0.798. The summed E-state index contributed by atoms with van der Waals surface area (Å²) in [7, 11) is 0. The summed E-state index contributed by atoms with van der Waals surface area (Å²) < 4.78 is 1.25. The number of rotatable bonds is 3. The lowest BCUT2D eigenvalue weighted by molar-refractivity contribution is 0.380. The van der Waals surface area contributed by atoms with Crippen molar-refractivity contribution in [3.8, 4) is 0 Å². The standard InChI is InChI=1S/C14H20BrN/c1-4-5-12-8-16(9-12)14-11(3)6-10(2)7-13(14)15/h6-7,12H,4-5,8-9H2,1-3H3. The maximum atomic E-state index is 3.69. The molecule has 1 aliphatic rings. The Kier molecular flexibility index (Phi) is 3.58. The molecule has 0 atom stereocenters. The third-order valence-electron chi connectivity index (χ3n) is 3.37. The molecule has 0 aromatic heterocycles. The van der Waals surface area contributed by atoms with Gasteiger partial charge in [0.1, 0.15) is 0 Å². The van der Waals surface area contributed by atoms with E-state index in [1.807, 2.05) is 0 Å². The fourth-order valence-corrected chi connectivity index (χ4v) is 3.58. The Hall–Kier alpha value is -0.500. The molecule has 16 heavy (non-hydrogen) atoms. The predicted molar refractivity (Wildman–Crippen MR) is 74.2 cm³/mol. The maximum absolute atomic E-state index is 3.69. The van der Waals surface area contributed by atoms with Crippen molar-refractivity contribution in [2.24, 2.45) is 5.92 Å². The van der Waals surface area contributed by atoms with Crippen molar-refractivity contribution in [1.29, 1.82) is 0 Å². The molecule has 0 N–H and O–H groups in total. The summed E-state index contributed by atoms with van der Waals surface area (Å²) >= 11 is 3.69. The van der Waals surface area contributed by atoms with E-state index >= 15 is 0 Å². The Morgan fingerprint density at radius 2 is 2.00 bits per heavy atom. The lowest BCUT2D eigenvalue weighted by atomic mass is 9.93. The van der Waals surface area contributed by atoms with Gasteiger partial charge >= 0.3 is 0 Å². The molecule has 1 heterocycles. The van der Waals surface area contributed by atoms with E-state index in [0.29, 0.717) is 0 Å². The average Bonchev–Trinajstić information content (AvgIpc) is 2.12. The minimum atomic E-state index is 0.914. The van der Waals surface area contributed by atoms with Crippen LogP contribution in [0.4, 0.5) is 5.69 Å². The van der Waals surface area contributed by atoms with Gasteiger partial charge in [0.15, 0.2) is 0 Å². The Balaban J connectivity index is 2.11. The van der Waals surface area contributed by atoms with Crippen molar-refractivity contribution >= 4 is 21.6 Å². The molecule has 0 spiro atoms. The van der Waals surface area contributed by atoms with Crippen molar-refractivity contribution in [3.63, 3.8) is 0 Å². The lowest BCUT2D eigenvalue weighted by Crippen LogP contribution is -2.47. The van der Waals surface area contributed by atoms with E-state index in [0.717, 1.165) is 5.92 Å². The van der Waals surface area contributed by atoms with Gasteiger partial charge in [-0.1, -0.05) is 19.4 Å². The summed E-state index contributed by atoms with van der Waals surface area (Å²) in [6.07, 6.45) is 2.69. The van der Waals surface area contributed by atoms with Crippen LogP contribution in [0.25, 0.3) is 0 Å². The van der Waals surface area contributed by atoms with E-state index in [-0.39, 0.29) is 0 Å². The van der Waals surface area contributed by atoms with Crippen LogP contribution in [0.5, 0.6) is 0 Å². The third kappa shape index (κ3) is 2.27. The van der Waals surface area contributed by atoms with E-state index in [1.165, 1.54) is 47.2 Å². The van der Waals surface area contributed by atoms with Crippen LogP contribution in [0.15, 0.2) is 16.6 Å². The summed E-state index contributed by atoms with van der Waals surface area (Å²) in [4.78, 5) is 2.50. The summed E-state index contributed by atoms with van der Waals surface area (Å²) in [5, 5.41) is 0. The SMILES string of the molecule is CCCC1CN(c2c(C)cc(C)cc2Br)C1. The van der Waals surface area contributed by atoms with Gasteiger partial charge in [0, 0.05) is 17.6 Å². The van der Waals surface area contributed by atoms with Crippen LogP contribution in [0.1, 0.15) is 30.9 Å². The molecule has 0 radical (unpaired) electrons. The number of nitrogens with zero attached hydrogens (tertiary/aromatic N) is 1. The van der Waals surface area contributed by atoms with Gasteiger partial charge in [-0.3, -0.25) is 0 Å². The van der Waals surface area contributed by atoms with Gasteiger partial charge in [-0.2, -0.15) is 0 Å². The molecule has 0 aliphatic carbocycles. The Labute approximate surface area is 107 Å². The van der Waals surface area contributed by atoms with Crippen molar-refractivity contribution < 1.29 is 0 Å². The zero-order chi connectivity index (χ0) is 11.7. The molecule has 1 saturated heterocycles. The number of halogens is 1. The number of benzene rings is 1. The summed E-state index contributed by atoms with van der Waals surface area (Å²) in [6, 6.07) is 4.49. The molecule has 0 unspecified atom stereocenters. The average molecular weight is 282 g/mol. The lowest BCUT2D eigenvalue weighted by Gasteiger charge is -2.42. The molecular weight excluding hydrogens is 262 g/mol. The minimum absolute atomic E-state index is 0.914. The van der Waals surface area contributed by atoms with E-state index < -0.39 is 0 Å². The van der Waals surface area contributed by atoms with E-state index in [4.69, 9.17) is 0 Å². The van der Waals surface area contributed by atoms with Crippen molar-refractivity contribution in [3.05, 3.63) is 27.7 Å². The molecule has 1 aliphatic heterocycles. The third-order valence-corrected chi connectivity index (χ3v) is 3.97. The molecule has 88 valence electrons. The van der Waals surface area contributed by atoms with Gasteiger partial charge in [-0.15, -0.1) is 0 Å². The summed E-state index contributed by atoms with van der Waals surface area (Å²) in [5.74, 6) is 0.914. The van der Waals surface area contributed by atoms with Crippen LogP contribution in [-0.2, 0) is 0 Å². The van der Waals surface area contributed by atoms with Gasteiger partial charge in [0.25, 0.3) is 0 Å². The van der Waals surface area contributed by atoms with Gasteiger partial charge in [-0.25, -0.2) is 0 Å². The fourth-order valence-electron chi connectivity index (χ4n) is 2.65. The van der Waals surface area contributed by atoms with Crippen LogP contribution >= 0.6 is 15.9 Å². The molecule has 2 rings (SSSR count). The zero-order valence-electron chi connectivity index (χ0n) is 10.4. The van der Waals surface area contributed by atoms with Crippen LogP contribution in [0.2, 0.25) is 0 Å². The number of aryl methyl sites for hydroxylation is 2. The number of hydrogen-bond acceptors (Lipinski definition) is 1. The molecule has 0 saturated carbocycles. The van der Waals surface area contributed by atoms with E-state index in [1.54, 1.807) is 0 Å².